The molecule has 0 heterocycles. The number of anilines is 1. The average molecular weight is 289 g/mol. The minimum absolute atomic E-state index is 0.788. The molecule has 3 aromatic carbocycles. The molecule has 0 aliphatic heterocycles. The van der Waals surface area contributed by atoms with Gasteiger partial charge in [-0.25, -0.2) is 0 Å². The summed E-state index contributed by atoms with van der Waals surface area (Å²) in [6, 6.07) is 22.4. The minimum atomic E-state index is 0.788. The van der Waals surface area contributed by atoms with Gasteiger partial charge in [0.05, 0.1) is 7.11 Å². The Morgan fingerprint density at radius 3 is 1.91 bits per heavy atom. The molecule has 3 aromatic rings. The number of nitrogens with two attached hydrogens (primary N) is 1. The van der Waals surface area contributed by atoms with E-state index in [1.165, 1.54) is 0 Å². The smallest absolute Gasteiger partial charge is 0.123 e. The summed E-state index contributed by atoms with van der Waals surface area (Å²) < 4.78 is 5.57. The molecule has 3 rings (SSSR count). The van der Waals surface area contributed by atoms with Crippen LogP contribution < -0.4 is 10.5 Å². The highest BCUT2D eigenvalue weighted by Crippen LogP contribution is 2.41. The Kier molecular flexibility index (Phi) is 3.84. The van der Waals surface area contributed by atoms with Crippen molar-refractivity contribution in [1.82, 2.24) is 0 Å². The maximum absolute atomic E-state index is 6.52. The highest BCUT2D eigenvalue weighted by Gasteiger charge is 2.16. The predicted octanol–water partition coefficient (Wildman–Crippen LogP) is 4.92. The zero-order chi connectivity index (χ0) is 15.5. The van der Waals surface area contributed by atoms with Crippen LogP contribution in [0.3, 0.4) is 0 Å². The molecule has 0 atom stereocenters. The molecule has 0 aliphatic rings. The van der Waals surface area contributed by atoms with Gasteiger partial charge >= 0.3 is 0 Å². The summed E-state index contributed by atoms with van der Waals surface area (Å²) in [6.45, 7) is 2.05. The lowest BCUT2D eigenvalue weighted by Crippen LogP contribution is -2.00. The van der Waals surface area contributed by atoms with Crippen molar-refractivity contribution in [2.45, 2.75) is 6.92 Å². The van der Waals surface area contributed by atoms with E-state index in [2.05, 4.69) is 24.3 Å². The lowest BCUT2D eigenvalue weighted by molar-refractivity contribution is 0.412. The lowest BCUT2D eigenvalue weighted by atomic mass is 9.92. The maximum Gasteiger partial charge on any atom is 0.123 e. The summed E-state index contributed by atoms with van der Waals surface area (Å²) in [6.07, 6.45) is 0. The number of nitrogen functional groups attached to an aromatic ring is 1. The highest BCUT2D eigenvalue weighted by molar-refractivity contribution is 5.92. The van der Waals surface area contributed by atoms with E-state index in [4.69, 9.17) is 10.5 Å². The molecule has 0 bridgehead atoms. The molecule has 2 nitrogen and oxygen atoms in total. The molecule has 0 unspecified atom stereocenters. The SMILES string of the molecule is COc1cc(-c2ccccc2)c(N)c(-c2ccccc2)c1C. The fourth-order valence-corrected chi connectivity index (χ4v) is 2.82. The van der Waals surface area contributed by atoms with Crippen LogP contribution in [-0.4, -0.2) is 7.11 Å². The molecule has 0 saturated heterocycles. The fourth-order valence-electron chi connectivity index (χ4n) is 2.82. The van der Waals surface area contributed by atoms with Crippen molar-refractivity contribution < 1.29 is 4.74 Å². The molecular weight excluding hydrogens is 270 g/mol. The highest BCUT2D eigenvalue weighted by atomic mass is 16.5. The molecule has 110 valence electrons. The number of ether oxygens (including phenoxy) is 1. The first kappa shape index (κ1) is 14.2. The Labute approximate surface area is 131 Å². The Morgan fingerprint density at radius 2 is 1.36 bits per heavy atom. The van der Waals surface area contributed by atoms with Gasteiger partial charge in [0, 0.05) is 22.4 Å². The van der Waals surface area contributed by atoms with Crippen molar-refractivity contribution >= 4 is 5.69 Å². The van der Waals surface area contributed by atoms with Gasteiger partial charge in [-0.1, -0.05) is 60.7 Å². The van der Waals surface area contributed by atoms with Gasteiger partial charge in [0.25, 0.3) is 0 Å². The van der Waals surface area contributed by atoms with E-state index in [-0.39, 0.29) is 0 Å². The molecule has 0 spiro atoms. The van der Waals surface area contributed by atoms with Crippen molar-refractivity contribution in [3.63, 3.8) is 0 Å². The van der Waals surface area contributed by atoms with Gasteiger partial charge in [-0.05, 0) is 24.1 Å². The summed E-state index contributed by atoms with van der Waals surface area (Å²) >= 11 is 0. The summed E-state index contributed by atoms with van der Waals surface area (Å²) in [4.78, 5) is 0. The molecule has 0 radical (unpaired) electrons. The molecular formula is C20H19NO. The Morgan fingerprint density at radius 1 is 0.818 bits per heavy atom. The van der Waals surface area contributed by atoms with Crippen molar-refractivity contribution in [2.24, 2.45) is 0 Å². The van der Waals surface area contributed by atoms with E-state index >= 15 is 0 Å². The van der Waals surface area contributed by atoms with Crippen molar-refractivity contribution in [3.05, 3.63) is 72.3 Å². The number of rotatable bonds is 3. The molecule has 2 heteroatoms. The van der Waals surface area contributed by atoms with Crippen LogP contribution in [0, 0.1) is 6.92 Å². The maximum atomic E-state index is 6.52. The van der Waals surface area contributed by atoms with E-state index in [9.17, 15) is 0 Å². The van der Waals surface area contributed by atoms with E-state index in [0.29, 0.717) is 0 Å². The lowest BCUT2D eigenvalue weighted by Gasteiger charge is -2.18. The van der Waals surface area contributed by atoms with Crippen LogP contribution in [0.2, 0.25) is 0 Å². The van der Waals surface area contributed by atoms with Crippen LogP contribution >= 0.6 is 0 Å². The van der Waals surface area contributed by atoms with Gasteiger partial charge < -0.3 is 10.5 Å². The molecule has 0 aliphatic carbocycles. The van der Waals surface area contributed by atoms with Crippen molar-refractivity contribution in [3.8, 4) is 28.0 Å². The Balaban J connectivity index is 2.30. The Hall–Kier alpha value is -2.74. The topological polar surface area (TPSA) is 35.2 Å². The first-order valence-corrected chi connectivity index (χ1v) is 7.30. The van der Waals surface area contributed by atoms with Gasteiger partial charge in [-0.2, -0.15) is 0 Å². The third-order valence-electron chi connectivity index (χ3n) is 3.95. The van der Waals surface area contributed by atoms with Gasteiger partial charge in [0.15, 0.2) is 0 Å². The molecule has 0 fully saturated rings. The third kappa shape index (κ3) is 2.44. The normalized spacial score (nSPS) is 10.5. The van der Waals surface area contributed by atoms with Crippen LogP contribution in [0.15, 0.2) is 66.7 Å². The van der Waals surface area contributed by atoms with Gasteiger partial charge in [0.2, 0.25) is 0 Å². The van der Waals surface area contributed by atoms with E-state index < -0.39 is 0 Å². The zero-order valence-corrected chi connectivity index (χ0v) is 12.8. The van der Waals surface area contributed by atoms with Crippen LogP contribution in [0.1, 0.15) is 5.56 Å². The van der Waals surface area contributed by atoms with Gasteiger partial charge in [-0.3, -0.25) is 0 Å². The van der Waals surface area contributed by atoms with Crippen molar-refractivity contribution in [1.29, 1.82) is 0 Å². The number of benzene rings is 3. The second-order valence-corrected chi connectivity index (χ2v) is 5.27. The van der Waals surface area contributed by atoms with Crippen LogP contribution in [-0.2, 0) is 0 Å². The molecule has 22 heavy (non-hydrogen) atoms. The first-order valence-electron chi connectivity index (χ1n) is 7.30. The standard InChI is InChI=1S/C20H19NO/c1-14-18(22-2)13-17(15-9-5-3-6-10-15)20(21)19(14)16-11-7-4-8-12-16/h3-13H,21H2,1-2H3. The quantitative estimate of drug-likeness (QED) is 0.695. The number of hydrogen-bond donors (Lipinski definition) is 1. The molecule has 0 amide bonds. The van der Waals surface area contributed by atoms with E-state index in [0.717, 1.165) is 39.3 Å². The second-order valence-electron chi connectivity index (χ2n) is 5.27. The van der Waals surface area contributed by atoms with E-state index in [1.807, 2.05) is 49.4 Å². The molecule has 0 aromatic heterocycles. The summed E-state index contributed by atoms with van der Waals surface area (Å²) in [7, 11) is 1.70. The second kappa shape index (κ2) is 5.94. The summed E-state index contributed by atoms with van der Waals surface area (Å²) in [5.41, 5.74) is 12.6. The van der Waals surface area contributed by atoms with Gasteiger partial charge in [0.1, 0.15) is 5.75 Å². The third-order valence-corrected chi connectivity index (χ3v) is 3.95. The van der Waals surface area contributed by atoms with Crippen LogP contribution in [0.4, 0.5) is 5.69 Å². The van der Waals surface area contributed by atoms with Crippen molar-refractivity contribution in [2.75, 3.05) is 12.8 Å². The van der Waals surface area contributed by atoms with Gasteiger partial charge in [-0.15, -0.1) is 0 Å². The Bertz CT molecular complexity index is 780. The zero-order valence-electron chi connectivity index (χ0n) is 12.8. The minimum Gasteiger partial charge on any atom is -0.496 e. The predicted molar refractivity (Wildman–Crippen MR) is 93.0 cm³/mol. The summed E-state index contributed by atoms with van der Waals surface area (Å²) in [5, 5.41) is 0. The number of hydrogen-bond acceptors (Lipinski definition) is 2. The summed E-state index contributed by atoms with van der Waals surface area (Å²) in [5.74, 6) is 0.854. The molecule has 0 saturated carbocycles. The van der Waals surface area contributed by atoms with Crippen LogP contribution in [0.5, 0.6) is 5.75 Å². The van der Waals surface area contributed by atoms with Crippen LogP contribution in [0.25, 0.3) is 22.3 Å². The monoisotopic (exact) mass is 289 g/mol. The fraction of sp³-hybridized carbons (Fsp3) is 0.100. The first-order chi connectivity index (χ1) is 10.7. The van der Waals surface area contributed by atoms with E-state index in [1.54, 1.807) is 7.11 Å². The largest absolute Gasteiger partial charge is 0.496 e. The number of methoxy groups -OCH3 is 1. The average Bonchev–Trinajstić information content (AvgIpc) is 2.57. The molecule has 2 N–H and O–H groups in total.